The van der Waals surface area contributed by atoms with Gasteiger partial charge < -0.3 is 24.6 Å². The van der Waals surface area contributed by atoms with Crippen molar-refractivity contribution in [2.24, 2.45) is 0 Å². The van der Waals surface area contributed by atoms with Crippen molar-refractivity contribution in [2.75, 3.05) is 26.4 Å². The Morgan fingerprint density at radius 3 is 1.78 bits per heavy atom. The topological polar surface area (TPSA) is 149 Å². The number of ether oxygens (including phenoxy) is 2. The van der Waals surface area contributed by atoms with Crippen LogP contribution in [0.1, 0.15) is 52.4 Å². The first kappa shape index (κ1) is 34.7. The summed E-state index contributed by atoms with van der Waals surface area (Å²) in [7, 11) is -4.59. The normalized spacial score (nSPS) is 15.7. The zero-order valence-corrected chi connectivity index (χ0v) is 22.5. The molecular weight excluding hydrogens is 503 g/mol. The van der Waals surface area contributed by atoms with E-state index in [0.29, 0.717) is 6.42 Å². The van der Waals surface area contributed by atoms with Gasteiger partial charge in [0.05, 0.1) is 26.2 Å². The van der Waals surface area contributed by atoms with E-state index in [-0.39, 0.29) is 13.0 Å². The number of hydrogen-bond donors (Lipinski definition) is 3. The van der Waals surface area contributed by atoms with Crippen LogP contribution in [0.4, 0.5) is 0 Å². The predicted octanol–water partition coefficient (Wildman–Crippen LogP) is 4.09. The van der Waals surface area contributed by atoms with Gasteiger partial charge in [-0.3, -0.25) is 18.6 Å². The zero-order chi connectivity index (χ0) is 27.8. The lowest BCUT2D eigenvalue weighted by Gasteiger charge is -2.19. The second-order valence-electron chi connectivity index (χ2n) is 7.72. The third kappa shape index (κ3) is 23.8. The third-order valence-electron chi connectivity index (χ3n) is 4.28. The van der Waals surface area contributed by atoms with Crippen molar-refractivity contribution >= 4 is 19.8 Å². The summed E-state index contributed by atoms with van der Waals surface area (Å²) in [5.41, 5.74) is 0. The highest BCUT2D eigenvalue weighted by molar-refractivity contribution is 7.47. The van der Waals surface area contributed by atoms with Gasteiger partial charge in [-0.05, 0) is 32.1 Å². The number of hydrogen-bond acceptors (Lipinski definition) is 9. The van der Waals surface area contributed by atoms with E-state index in [4.69, 9.17) is 19.1 Å². The van der Waals surface area contributed by atoms with E-state index in [0.717, 1.165) is 32.6 Å². The molecule has 0 radical (unpaired) electrons. The minimum atomic E-state index is -4.59. The molecule has 3 unspecified atom stereocenters. The monoisotopic (exact) mass is 544 g/mol. The number of carbonyl (C=O) groups excluding carboxylic acids is 2. The molecule has 0 aliphatic heterocycles. The number of allylic oxidation sites excluding steroid dienone is 9. The molecular formula is C26H41O10P. The number of carbonyl (C=O) groups is 2. The highest BCUT2D eigenvalue weighted by Crippen LogP contribution is 2.43. The van der Waals surface area contributed by atoms with Crippen molar-refractivity contribution in [1.82, 2.24) is 0 Å². The minimum absolute atomic E-state index is 0.0555. The highest BCUT2D eigenvalue weighted by atomic mass is 31.2. The van der Waals surface area contributed by atoms with Crippen molar-refractivity contribution in [3.63, 3.8) is 0 Å². The number of rotatable bonds is 21. The molecule has 0 fully saturated rings. The van der Waals surface area contributed by atoms with Gasteiger partial charge in [0.25, 0.3) is 0 Å². The Labute approximate surface area is 219 Å². The predicted molar refractivity (Wildman–Crippen MR) is 140 cm³/mol. The van der Waals surface area contributed by atoms with Gasteiger partial charge in [-0.25, -0.2) is 4.57 Å². The molecule has 11 heteroatoms. The molecule has 0 aromatic rings. The molecule has 0 aromatic heterocycles. The molecule has 37 heavy (non-hydrogen) atoms. The van der Waals surface area contributed by atoms with Crippen molar-refractivity contribution in [3.05, 3.63) is 60.8 Å². The third-order valence-corrected chi connectivity index (χ3v) is 5.23. The summed E-state index contributed by atoms with van der Waals surface area (Å²) in [6, 6.07) is 0. The van der Waals surface area contributed by atoms with Crippen LogP contribution < -0.4 is 0 Å². The number of phosphoric acid groups is 1. The first-order valence-electron chi connectivity index (χ1n) is 12.2. The summed E-state index contributed by atoms with van der Waals surface area (Å²) in [6.45, 7) is 0.996. The largest absolute Gasteiger partial charge is 0.472 e. The average molecular weight is 545 g/mol. The molecule has 0 saturated heterocycles. The van der Waals surface area contributed by atoms with Crippen molar-refractivity contribution in [3.8, 4) is 0 Å². The Hall–Kier alpha value is -2.33. The fourth-order valence-electron chi connectivity index (χ4n) is 2.44. The second-order valence-corrected chi connectivity index (χ2v) is 9.18. The van der Waals surface area contributed by atoms with Crippen LogP contribution in [-0.4, -0.2) is 65.7 Å². The molecule has 10 nitrogen and oxygen atoms in total. The van der Waals surface area contributed by atoms with E-state index in [2.05, 4.69) is 47.9 Å². The van der Waals surface area contributed by atoms with Gasteiger partial charge in [0.15, 0.2) is 6.10 Å². The van der Waals surface area contributed by atoms with Crippen LogP contribution in [0.25, 0.3) is 0 Å². The standard InChI is InChI=1S/C26H41O10P/c1-3-4-5-6-7-8-9-10-11-12-13-14-15-16-17-18-26(30)36-25(21-33-23(2)28)22-35-37(31,32)34-20-24(29)19-27/h4-5,7-8,10-11,13-14,16-17,24-25,27,29H,3,6,9,12,15,18-22H2,1-2H3,(H,31,32)/b5-4-,8-7-,11-10-,14-13-,17-16-. The molecule has 0 heterocycles. The Kier molecular flexibility index (Phi) is 21.4. The Morgan fingerprint density at radius 2 is 1.30 bits per heavy atom. The number of aliphatic hydroxyl groups is 2. The van der Waals surface area contributed by atoms with Crippen molar-refractivity contribution in [1.29, 1.82) is 0 Å². The first-order chi connectivity index (χ1) is 17.7. The molecule has 0 aliphatic carbocycles. The lowest BCUT2D eigenvalue weighted by molar-refractivity contribution is -0.159. The molecule has 0 spiro atoms. The molecule has 0 aliphatic rings. The van der Waals surface area contributed by atoms with Crippen molar-refractivity contribution in [2.45, 2.75) is 64.6 Å². The zero-order valence-electron chi connectivity index (χ0n) is 21.6. The van der Waals surface area contributed by atoms with E-state index in [1.54, 1.807) is 12.2 Å². The van der Waals surface area contributed by atoms with E-state index < -0.39 is 51.8 Å². The quantitative estimate of drug-likeness (QED) is 0.110. The average Bonchev–Trinajstić information content (AvgIpc) is 2.86. The summed E-state index contributed by atoms with van der Waals surface area (Å²) in [4.78, 5) is 32.8. The fraction of sp³-hybridized carbons (Fsp3) is 0.538. The molecule has 0 bridgehead atoms. The maximum atomic E-state index is 12.1. The summed E-state index contributed by atoms with van der Waals surface area (Å²) in [6.07, 6.45) is 22.0. The highest BCUT2D eigenvalue weighted by Gasteiger charge is 2.26. The first-order valence-corrected chi connectivity index (χ1v) is 13.7. The fourth-order valence-corrected chi connectivity index (χ4v) is 3.23. The van der Waals surface area contributed by atoms with Crippen LogP contribution in [0, 0.1) is 0 Å². The molecule has 0 aromatic carbocycles. The lowest BCUT2D eigenvalue weighted by Crippen LogP contribution is -2.29. The second kappa shape index (κ2) is 22.8. The summed E-state index contributed by atoms with van der Waals surface area (Å²) in [5, 5.41) is 17.9. The molecule has 0 rings (SSSR count). The van der Waals surface area contributed by atoms with Gasteiger partial charge in [0.1, 0.15) is 12.7 Å². The number of esters is 2. The van der Waals surface area contributed by atoms with Crippen molar-refractivity contribution < 1.29 is 47.8 Å². The van der Waals surface area contributed by atoms with E-state index >= 15 is 0 Å². The summed E-state index contributed by atoms with van der Waals surface area (Å²) >= 11 is 0. The summed E-state index contributed by atoms with van der Waals surface area (Å²) in [5.74, 6) is -1.28. The molecule has 210 valence electrons. The van der Waals surface area contributed by atoms with E-state index in [1.165, 1.54) is 0 Å². The van der Waals surface area contributed by atoms with Crippen LogP contribution in [0.3, 0.4) is 0 Å². The lowest BCUT2D eigenvalue weighted by atomic mass is 10.2. The van der Waals surface area contributed by atoms with E-state index in [1.807, 2.05) is 12.2 Å². The van der Waals surface area contributed by atoms with Gasteiger partial charge in [-0.2, -0.15) is 0 Å². The Balaban J connectivity index is 4.34. The number of phosphoric ester groups is 1. The maximum Gasteiger partial charge on any atom is 0.472 e. The van der Waals surface area contributed by atoms with Crippen LogP contribution in [0.5, 0.6) is 0 Å². The van der Waals surface area contributed by atoms with Gasteiger partial charge >= 0.3 is 19.8 Å². The minimum Gasteiger partial charge on any atom is -0.462 e. The SMILES string of the molecule is CC/C=C\C/C=C\C/C=C\C/C=C\C/C=C\CC(=O)OC(COC(C)=O)COP(=O)(O)OCC(O)CO. The van der Waals surface area contributed by atoms with Crippen LogP contribution >= 0.6 is 7.82 Å². The van der Waals surface area contributed by atoms with Gasteiger partial charge in [-0.15, -0.1) is 0 Å². The smallest absolute Gasteiger partial charge is 0.462 e. The number of aliphatic hydroxyl groups excluding tert-OH is 2. The molecule has 3 N–H and O–H groups in total. The van der Waals surface area contributed by atoms with Gasteiger partial charge in [-0.1, -0.05) is 67.7 Å². The molecule has 3 atom stereocenters. The maximum absolute atomic E-state index is 12.1. The van der Waals surface area contributed by atoms with Crippen LogP contribution in [0.15, 0.2) is 60.8 Å². The van der Waals surface area contributed by atoms with Gasteiger partial charge in [0, 0.05) is 6.92 Å². The van der Waals surface area contributed by atoms with Gasteiger partial charge in [0.2, 0.25) is 0 Å². The molecule has 0 saturated carbocycles. The Morgan fingerprint density at radius 1 is 0.811 bits per heavy atom. The summed E-state index contributed by atoms with van der Waals surface area (Å²) < 4.78 is 31.1. The van der Waals surface area contributed by atoms with Crippen LogP contribution in [-0.2, 0) is 32.7 Å². The Bertz CT molecular complexity index is 816. The van der Waals surface area contributed by atoms with E-state index in [9.17, 15) is 24.2 Å². The van der Waals surface area contributed by atoms with Crippen LogP contribution in [0.2, 0.25) is 0 Å². The molecule has 0 amide bonds.